The Morgan fingerprint density at radius 2 is 1.52 bits per heavy atom. The maximum atomic E-state index is 9.85. The lowest BCUT2D eigenvalue weighted by molar-refractivity contribution is 0.0595. The van der Waals surface area contributed by atoms with Gasteiger partial charge in [-0.05, 0) is 41.5 Å². The smallest absolute Gasteiger partial charge is 0.0776 e. The van der Waals surface area contributed by atoms with Crippen molar-refractivity contribution in [2.75, 3.05) is 13.7 Å². The third-order valence-electron chi connectivity index (χ3n) is 3.81. The summed E-state index contributed by atoms with van der Waals surface area (Å²) in [6.07, 6.45) is 2.21. The molecule has 112 valence electrons. The number of rotatable bonds is 7. The summed E-state index contributed by atoms with van der Waals surface area (Å²) in [6, 6.07) is 17.0. The average molecular weight is 284 g/mol. The molecule has 0 aliphatic rings. The van der Waals surface area contributed by atoms with Crippen LogP contribution in [0.15, 0.2) is 48.5 Å². The number of hydrogen-bond acceptors (Lipinski definition) is 2. The highest BCUT2D eigenvalue weighted by Gasteiger charge is 2.10. The molecule has 1 N–H and O–H groups in total. The fraction of sp³-hybridized carbons (Fsp3) is 0.368. The highest BCUT2D eigenvalue weighted by molar-refractivity contribution is 5.70. The summed E-state index contributed by atoms with van der Waals surface area (Å²) in [5.74, 6) is 0. The Bertz CT molecular complexity index is 563. The minimum absolute atomic E-state index is 0.397. The molecule has 1 atom stereocenters. The number of aryl methyl sites for hydroxylation is 2. The van der Waals surface area contributed by atoms with Gasteiger partial charge in [-0.15, -0.1) is 0 Å². The first-order chi connectivity index (χ1) is 10.3. The molecule has 2 heteroatoms. The zero-order valence-corrected chi connectivity index (χ0v) is 12.9. The van der Waals surface area contributed by atoms with Crippen LogP contribution in [0.3, 0.4) is 0 Å². The third kappa shape index (κ3) is 4.16. The summed E-state index contributed by atoms with van der Waals surface area (Å²) in [6.45, 7) is 2.58. The largest absolute Gasteiger partial charge is 0.391 e. The minimum atomic E-state index is -0.399. The van der Waals surface area contributed by atoms with Gasteiger partial charge in [-0.3, -0.25) is 0 Å². The summed E-state index contributed by atoms with van der Waals surface area (Å²) in [4.78, 5) is 0. The molecule has 2 rings (SSSR count). The van der Waals surface area contributed by atoms with E-state index < -0.39 is 6.10 Å². The Hall–Kier alpha value is -1.64. The summed E-state index contributed by atoms with van der Waals surface area (Å²) in [7, 11) is 1.62. The van der Waals surface area contributed by atoms with Crippen LogP contribution in [0, 0.1) is 0 Å². The first kappa shape index (κ1) is 15.7. The first-order valence-electron chi connectivity index (χ1n) is 7.59. The van der Waals surface area contributed by atoms with E-state index in [0.29, 0.717) is 6.61 Å². The SMILES string of the molecule is CCc1ccccc1-c1ccccc1CCC(O)COC. The van der Waals surface area contributed by atoms with Gasteiger partial charge in [-0.1, -0.05) is 55.5 Å². The van der Waals surface area contributed by atoms with Gasteiger partial charge in [0.1, 0.15) is 0 Å². The number of ether oxygens (including phenoxy) is 1. The summed E-state index contributed by atoms with van der Waals surface area (Å²) < 4.78 is 4.99. The Kier molecular flexibility index (Phi) is 5.97. The van der Waals surface area contributed by atoms with Gasteiger partial charge in [-0.2, -0.15) is 0 Å². The molecule has 21 heavy (non-hydrogen) atoms. The van der Waals surface area contributed by atoms with Crippen molar-refractivity contribution < 1.29 is 9.84 Å². The molecular weight excluding hydrogens is 260 g/mol. The molecule has 0 saturated carbocycles. The van der Waals surface area contributed by atoms with Crippen LogP contribution in [0.1, 0.15) is 24.5 Å². The second-order valence-electron chi connectivity index (χ2n) is 5.32. The number of aliphatic hydroxyl groups excluding tert-OH is 1. The van der Waals surface area contributed by atoms with Gasteiger partial charge in [0.2, 0.25) is 0 Å². The molecule has 0 saturated heterocycles. The third-order valence-corrected chi connectivity index (χ3v) is 3.81. The van der Waals surface area contributed by atoms with Crippen LogP contribution >= 0.6 is 0 Å². The quantitative estimate of drug-likeness (QED) is 0.836. The topological polar surface area (TPSA) is 29.5 Å². The second-order valence-corrected chi connectivity index (χ2v) is 5.32. The molecule has 0 amide bonds. The first-order valence-corrected chi connectivity index (χ1v) is 7.59. The zero-order valence-electron chi connectivity index (χ0n) is 12.9. The average Bonchev–Trinajstić information content (AvgIpc) is 2.53. The highest BCUT2D eigenvalue weighted by Crippen LogP contribution is 2.28. The molecule has 2 nitrogen and oxygen atoms in total. The number of aliphatic hydroxyl groups is 1. The molecular formula is C19H24O2. The van der Waals surface area contributed by atoms with E-state index in [2.05, 4.69) is 55.5 Å². The number of hydrogen-bond donors (Lipinski definition) is 1. The predicted molar refractivity (Wildman–Crippen MR) is 87.5 cm³/mol. The van der Waals surface area contributed by atoms with E-state index in [9.17, 15) is 5.11 Å². The molecule has 0 fully saturated rings. The van der Waals surface area contributed by atoms with E-state index in [1.54, 1.807) is 7.11 Å². The van der Waals surface area contributed by atoms with Crippen molar-refractivity contribution in [2.24, 2.45) is 0 Å². The van der Waals surface area contributed by atoms with Crippen molar-refractivity contribution in [1.29, 1.82) is 0 Å². The van der Waals surface area contributed by atoms with Crippen molar-refractivity contribution in [2.45, 2.75) is 32.3 Å². The van der Waals surface area contributed by atoms with Crippen LogP contribution in [-0.2, 0) is 17.6 Å². The van der Waals surface area contributed by atoms with Crippen LogP contribution in [-0.4, -0.2) is 24.9 Å². The standard InChI is InChI=1S/C19H24O2/c1-3-15-8-4-6-10-18(15)19-11-7-5-9-16(19)12-13-17(20)14-21-2/h4-11,17,20H,3,12-14H2,1-2H3. The van der Waals surface area contributed by atoms with Crippen LogP contribution in [0.4, 0.5) is 0 Å². The number of benzene rings is 2. The van der Waals surface area contributed by atoms with Crippen LogP contribution in [0.2, 0.25) is 0 Å². The van der Waals surface area contributed by atoms with Gasteiger partial charge in [0.25, 0.3) is 0 Å². The molecule has 1 unspecified atom stereocenters. The molecule has 2 aromatic rings. The second kappa shape index (κ2) is 7.96. The summed E-state index contributed by atoms with van der Waals surface area (Å²) >= 11 is 0. The Balaban J connectivity index is 2.24. The van der Waals surface area contributed by atoms with Gasteiger partial charge >= 0.3 is 0 Å². The van der Waals surface area contributed by atoms with Gasteiger partial charge in [-0.25, -0.2) is 0 Å². The van der Waals surface area contributed by atoms with Gasteiger partial charge < -0.3 is 9.84 Å². The molecule has 0 aliphatic carbocycles. The monoisotopic (exact) mass is 284 g/mol. The molecule has 0 radical (unpaired) electrons. The van der Waals surface area contributed by atoms with Gasteiger partial charge in [0.15, 0.2) is 0 Å². The number of methoxy groups -OCH3 is 1. The van der Waals surface area contributed by atoms with Crippen molar-refractivity contribution in [1.82, 2.24) is 0 Å². The molecule has 0 bridgehead atoms. The predicted octanol–water partition coefficient (Wildman–Crippen LogP) is 3.86. The maximum Gasteiger partial charge on any atom is 0.0776 e. The normalized spacial score (nSPS) is 12.3. The van der Waals surface area contributed by atoms with Crippen LogP contribution in [0.25, 0.3) is 11.1 Å². The lowest BCUT2D eigenvalue weighted by Crippen LogP contribution is -2.14. The van der Waals surface area contributed by atoms with Crippen molar-refractivity contribution >= 4 is 0 Å². The van der Waals surface area contributed by atoms with Crippen molar-refractivity contribution in [3.63, 3.8) is 0 Å². The van der Waals surface area contributed by atoms with E-state index in [4.69, 9.17) is 4.74 Å². The Morgan fingerprint density at radius 3 is 2.14 bits per heavy atom. The van der Waals surface area contributed by atoms with E-state index in [-0.39, 0.29) is 0 Å². The lowest BCUT2D eigenvalue weighted by atomic mass is 9.92. The van der Waals surface area contributed by atoms with E-state index in [1.807, 2.05) is 0 Å². The van der Waals surface area contributed by atoms with Crippen molar-refractivity contribution in [3.8, 4) is 11.1 Å². The molecule has 0 aliphatic heterocycles. The van der Waals surface area contributed by atoms with Gasteiger partial charge in [0, 0.05) is 7.11 Å². The van der Waals surface area contributed by atoms with Crippen molar-refractivity contribution in [3.05, 3.63) is 59.7 Å². The fourth-order valence-corrected chi connectivity index (χ4v) is 2.69. The maximum absolute atomic E-state index is 9.85. The van der Waals surface area contributed by atoms with E-state index in [0.717, 1.165) is 19.3 Å². The Labute approximate surface area is 127 Å². The summed E-state index contributed by atoms with van der Waals surface area (Å²) in [5.41, 5.74) is 5.23. The lowest BCUT2D eigenvalue weighted by Gasteiger charge is -2.15. The molecule has 0 aromatic heterocycles. The highest BCUT2D eigenvalue weighted by atomic mass is 16.5. The molecule has 0 spiro atoms. The fourth-order valence-electron chi connectivity index (χ4n) is 2.69. The Morgan fingerprint density at radius 1 is 0.952 bits per heavy atom. The van der Waals surface area contributed by atoms with Crippen LogP contribution in [0.5, 0.6) is 0 Å². The zero-order chi connectivity index (χ0) is 15.1. The summed E-state index contributed by atoms with van der Waals surface area (Å²) in [5, 5.41) is 9.85. The van der Waals surface area contributed by atoms with Gasteiger partial charge in [0.05, 0.1) is 12.7 Å². The van der Waals surface area contributed by atoms with E-state index in [1.165, 1.54) is 22.3 Å². The van der Waals surface area contributed by atoms with E-state index >= 15 is 0 Å². The minimum Gasteiger partial charge on any atom is -0.391 e. The molecule has 2 aromatic carbocycles. The van der Waals surface area contributed by atoms with Crippen LogP contribution < -0.4 is 0 Å². The molecule has 0 heterocycles.